The van der Waals surface area contributed by atoms with Gasteiger partial charge in [-0.25, -0.2) is 4.79 Å². The summed E-state index contributed by atoms with van der Waals surface area (Å²) in [6, 6.07) is 13.3. The number of hydrogen-bond donors (Lipinski definition) is 2. The molecule has 172 valence electrons. The first kappa shape index (κ1) is 25.0. The van der Waals surface area contributed by atoms with E-state index in [-0.39, 0.29) is 18.4 Å². The average Bonchev–Trinajstić information content (AvgIpc) is 2.78. The predicted molar refractivity (Wildman–Crippen MR) is 120 cm³/mol. The number of hydrogen-bond acceptors (Lipinski definition) is 6. The molecule has 0 aromatic heterocycles. The maximum Gasteiger partial charge on any atom is 0.513 e. The van der Waals surface area contributed by atoms with Crippen molar-refractivity contribution < 1.29 is 28.6 Å². The molecule has 0 saturated heterocycles. The molecule has 9 heteroatoms. The first-order valence-corrected chi connectivity index (χ1v) is 10.7. The van der Waals surface area contributed by atoms with E-state index >= 15 is 0 Å². The molecule has 2 aromatic rings. The van der Waals surface area contributed by atoms with E-state index in [1.54, 1.807) is 31.2 Å². The summed E-state index contributed by atoms with van der Waals surface area (Å²) in [4.78, 5) is 35.3. The molecule has 0 bridgehead atoms. The van der Waals surface area contributed by atoms with Gasteiger partial charge in [-0.15, -0.1) is 0 Å². The van der Waals surface area contributed by atoms with Crippen LogP contribution in [0.2, 0.25) is 5.02 Å². The molecule has 0 unspecified atom stereocenters. The molecule has 8 nitrogen and oxygen atoms in total. The lowest BCUT2D eigenvalue weighted by atomic mass is 10.2. The minimum atomic E-state index is -0.792. The van der Waals surface area contributed by atoms with Crippen LogP contribution in [-0.4, -0.2) is 44.3 Å². The molecule has 0 fully saturated rings. The zero-order chi connectivity index (χ0) is 23.2. The van der Waals surface area contributed by atoms with Gasteiger partial charge in [-0.05, 0) is 56.2 Å². The Balaban J connectivity index is 1.55. The Bertz CT molecular complexity index is 888. The normalized spacial score (nSPS) is 10.2. The topological polar surface area (TPSA) is 103 Å². The van der Waals surface area contributed by atoms with Gasteiger partial charge < -0.3 is 24.8 Å². The Kier molecular flexibility index (Phi) is 10.9. The third kappa shape index (κ3) is 9.26. The van der Waals surface area contributed by atoms with E-state index in [0.29, 0.717) is 61.0 Å². The van der Waals surface area contributed by atoms with Crippen molar-refractivity contribution in [2.75, 3.05) is 26.3 Å². The summed E-state index contributed by atoms with van der Waals surface area (Å²) in [5.41, 5.74) is 0.434. The summed E-state index contributed by atoms with van der Waals surface area (Å²) in [6.45, 7) is 3.17. The van der Waals surface area contributed by atoms with Gasteiger partial charge >= 0.3 is 6.16 Å². The lowest BCUT2D eigenvalue weighted by molar-refractivity contribution is -0.121. The lowest BCUT2D eigenvalue weighted by Gasteiger charge is -2.09. The predicted octanol–water partition coefficient (Wildman–Crippen LogP) is 3.97. The SMILES string of the molecule is CCOC(=O)Oc1ccc(C(=O)NCCCNC(=O)CCCOc2ccccc2Cl)cc1. The van der Waals surface area contributed by atoms with E-state index < -0.39 is 6.16 Å². The fraction of sp³-hybridized carbons (Fsp3) is 0.348. The zero-order valence-corrected chi connectivity index (χ0v) is 18.7. The molecule has 0 heterocycles. The minimum Gasteiger partial charge on any atom is -0.492 e. The molecule has 0 radical (unpaired) electrons. The van der Waals surface area contributed by atoms with Gasteiger partial charge in [0.15, 0.2) is 0 Å². The summed E-state index contributed by atoms with van der Waals surface area (Å²) < 4.78 is 15.2. The summed E-state index contributed by atoms with van der Waals surface area (Å²) in [5, 5.41) is 6.13. The third-order valence-corrected chi connectivity index (χ3v) is 4.50. The van der Waals surface area contributed by atoms with Gasteiger partial charge in [0.25, 0.3) is 5.91 Å². The molecule has 2 N–H and O–H groups in total. The molecule has 2 amide bonds. The molecule has 0 aliphatic heterocycles. The second kappa shape index (κ2) is 13.9. The fourth-order valence-electron chi connectivity index (χ4n) is 2.60. The molecule has 2 aromatic carbocycles. The molecule has 32 heavy (non-hydrogen) atoms. The smallest absolute Gasteiger partial charge is 0.492 e. The Morgan fingerprint density at radius 2 is 1.66 bits per heavy atom. The van der Waals surface area contributed by atoms with Crippen LogP contribution in [0.3, 0.4) is 0 Å². The van der Waals surface area contributed by atoms with Crippen LogP contribution in [0.5, 0.6) is 11.5 Å². The zero-order valence-electron chi connectivity index (χ0n) is 17.9. The molecule has 0 aliphatic carbocycles. The highest BCUT2D eigenvalue weighted by molar-refractivity contribution is 6.32. The average molecular weight is 463 g/mol. The van der Waals surface area contributed by atoms with E-state index in [9.17, 15) is 14.4 Å². The van der Waals surface area contributed by atoms with Crippen LogP contribution in [0.1, 0.15) is 36.5 Å². The molecule has 0 spiro atoms. The maximum atomic E-state index is 12.1. The van der Waals surface area contributed by atoms with Crippen molar-refractivity contribution in [2.24, 2.45) is 0 Å². The Morgan fingerprint density at radius 3 is 2.38 bits per heavy atom. The summed E-state index contributed by atoms with van der Waals surface area (Å²) >= 11 is 6.00. The van der Waals surface area contributed by atoms with E-state index in [0.717, 1.165) is 0 Å². The second-order valence-corrected chi connectivity index (χ2v) is 7.06. The number of nitrogens with one attached hydrogen (secondary N) is 2. The number of carbonyl (C=O) groups is 3. The number of amides is 2. The summed E-state index contributed by atoms with van der Waals surface area (Å²) in [5.74, 6) is 0.568. The summed E-state index contributed by atoms with van der Waals surface area (Å²) in [6.07, 6.45) is 0.720. The Hall–Kier alpha value is -3.26. The fourth-order valence-corrected chi connectivity index (χ4v) is 2.79. The van der Waals surface area contributed by atoms with Gasteiger partial charge in [-0.2, -0.15) is 0 Å². The first-order valence-electron chi connectivity index (χ1n) is 10.4. The Morgan fingerprint density at radius 1 is 0.938 bits per heavy atom. The quantitative estimate of drug-likeness (QED) is 0.281. The molecule has 0 aliphatic rings. The molecular formula is C23H27ClN2O6. The van der Waals surface area contributed by atoms with Crippen LogP contribution < -0.4 is 20.1 Å². The van der Waals surface area contributed by atoms with Crippen molar-refractivity contribution in [3.05, 3.63) is 59.1 Å². The van der Waals surface area contributed by atoms with Crippen LogP contribution in [0.25, 0.3) is 0 Å². The van der Waals surface area contributed by atoms with Gasteiger partial charge in [0.2, 0.25) is 5.91 Å². The van der Waals surface area contributed by atoms with Crippen molar-refractivity contribution in [3.63, 3.8) is 0 Å². The number of halogens is 1. The van der Waals surface area contributed by atoms with Crippen LogP contribution in [0.15, 0.2) is 48.5 Å². The first-order chi connectivity index (χ1) is 15.5. The lowest BCUT2D eigenvalue weighted by Crippen LogP contribution is -2.29. The van der Waals surface area contributed by atoms with Crippen LogP contribution in [0.4, 0.5) is 4.79 Å². The second-order valence-electron chi connectivity index (χ2n) is 6.65. The largest absolute Gasteiger partial charge is 0.513 e. The number of para-hydroxylation sites is 1. The van der Waals surface area contributed by atoms with Crippen LogP contribution in [-0.2, 0) is 9.53 Å². The monoisotopic (exact) mass is 462 g/mol. The van der Waals surface area contributed by atoms with E-state index in [1.807, 2.05) is 12.1 Å². The van der Waals surface area contributed by atoms with Gasteiger partial charge in [0, 0.05) is 25.1 Å². The highest BCUT2D eigenvalue weighted by atomic mass is 35.5. The molecule has 0 atom stereocenters. The van der Waals surface area contributed by atoms with E-state index in [1.165, 1.54) is 12.1 Å². The van der Waals surface area contributed by atoms with E-state index in [4.69, 9.17) is 21.1 Å². The van der Waals surface area contributed by atoms with Gasteiger partial charge in [0.05, 0.1) is 18.2 Å². The van der Waals surface area contributed by atoms with Gasteiger partial charge in [0.1, 0.15) is 11.5 Å². The minimum absolute atomic E-state index is 0.0729. The van der Waals surface area contributed by atoms with Crippen molar-refractivity contribution in [1.82, 2.24) is 10.6 Å². The highest BCUT2D eigenvalue weighted by Crippen LogP contribution is 2.23. The van der Waals surface area contributed by atoms with Crippen LogP contribution >= 0.6 is 11.6 Å². The van der Waals surface area contributed by atoms with Gasteiger partial charge in [-0.1, -0.05) is 23.7 Å². The summed E-state index contributed by atoms with van der Waals surface area (Å²) in [7, 11) is 0. The standard InChI is InChI=1S/C23H27ClN2O6/c1-2-30-23(29)32-18-12-10-17(11-13-18)22(28)26-15-6-14-25-21(27)9-5-16-31-20-8-4-3-7-19(20)24/h3-4,7-8,10-13H,2,5-6,9,14-16H2,1H3,(H,25,27)(H,26,28). The van der Waals surface area contributed by atoms with Crippen LogP contribution in [0, 0.1) is 0 Å². The third-order valence-electron chi connectivity index (χ3n) is 4.18. The molecule has 2 rings (SSSR count). The van der Waals surface area contributed by atoms with Crippen molar-refractivity contribution >= 4 is 29.6 Å². The highest BCUT2D eigenvalue weighted by Gasteiger charge is 2.08. The number of rotatable bonds is 12. The van der Waals surface area contributed by atoms with E-state index in [2.05, 4.69) is 15.4 Å². The van der Waals surface area contributed by atoms with Crippen molar-refractivity contribution in [2.45, 2.75) is 26.2 Å². The number of benzene rings is 2. The number of carbonyl (C=O) groups excluding carboxylic acids is 3. The van der Waals surface area contributed by atoms with Gasteiger partial charge in [-0.3, -0.25) is 9.59 Å². The Labute approximate surface area is 192 Å². The van der Waals surface area contributed by atoms with Crippen molar-refractivity contribution in [1.29, 1.82) is 0 Å². The maximum absolute atomic E-state index is 12.1. The molecule has 0 saturated carbocycles. The van der Waals surface area contributed by atoms with Crippen molar-refractivity contribution in [3.8, 4) is 11.5 Å². The number of ether oxygens (including phenoxy) is 3. The molecular weight excluding hydrogens is 436 g/mol.